The molecule has 3 heteroatoms. The number of aromatic nitrogens is 1. The van der Waals surface area contributed by atoms with E-state index in [2.05, 4.69) is 4.98 Å². The second kappa shape index (κ2) is 2.62. The Morgan fingerprint density at radius 3 is 2.85 bits per heavy atom. The summed E-state index contributed by atoms with van der Waals surface area (Å²) >= 11 is 0. The van der Waals surface area contributed by atoms with E-state index in [9.17, 15) is 9.90 Å². The molecule has 0 atom stereocenters. The first-order valence-corrected chi connectivity index (χ1v) is 3.99. The lowest BCUT2D eigenvalue weighted by molar-refractivity contribution is 0.480. The van der Waals surface area contributed by atoms with E-state index in [0.29, 0.717) is 10.9 Å². The zero-order valence-electron chi connectivity index (χ0n) is 7.16. The summed E-state index contributed by atoms with van der Waals surface area (Å²) in [6.07, 6.45) is 0. The van der Waals surface area contributed by atoms with Crippen LogP contribution in [0.15, 0.2) is 29.1 Å². The van der Waals surface area contributed by atoms with Crippen LogP contribution in [0.5, 0.6) is 5.75 Å². The van der Waals surface area contributed by atoms with Crippen LogP contribution in [0.25, 0.3) is 10.9 Å². The highest BCUT2D eigenvalue weighted by Crippen LogP contribution is 2.20. The number of pyridine rings is 1. The van der Waals surface area contributed by atoms with Gasteiger partial charge in [0.2, 0.25) is 0 Å². The summed E-state index contributed by atoms with van der Waals surface area (Å²) < 4.78 is 0. The third-order valence-electron chi connectivity index (χ3n) is 1.98. The van der Waals surface area contributed by atoms with Gasteiger partial charge in [-0.15, -0.1) is 0 Å². The van der Waals surface area contributed by atoms with E-state index in [1.807, 2.05) is 19.1 Å². The van der Waals surface area contributed by atoms with Gasteiger partial charge in [-0.2, -0.15) is 0 Å². The Kier molecular flexibility index (Phi) is 1.59. The van der Waals surface area contributed by atoms with Crippen LogP contribution in [-0.4, -0.2) is 10.1 Å². The van der Waals surface area contributed by atoms with E-state index < -0.39 is 0 Å². The number of aromatic hydroxyl groups is 1. The highest BCUT2D eigenvalue weighted by molar-refractivity contribution is 5.84. The van der Waals surface area contributed by atoms with Crippen LogP contribution in [0, 0.1) is 6.92 Å². The number of benzene rings is 1. The van der Waals surface area contributed by atoms with Crippen LogP contribution < -0.4 is 5.56 Å². The van der Waals surface area contributed by atoms with Crippen LogP contribution in [0.1, 0.15) is 5.56 Å². The molecule has 0 spiro atoms. The van der Waals surface area contributed by atoms with Crippen LogP contribution in [0.4, 0.5) is 0 Å². The molecule has 0 aliphatic rings. The van der Waals surface area contributed by atoms with Crippen LogP contribution in [0.2, 0.25) is 0 Å². The molecule has 1 aromatic heterocycles. The number of fused-ring (bicyclic) bond motifs is 1. The quantitative estimate of drug-likeness (QED) is 0.638. The highest BCUT2D eigenvalue weighted by Gasteiger charge is 2.00. The summed E-state index contributed by atoms with van der Waals surface area (Å²) in [5.41, 5.74) is 1.44. The molecule has 0 saturated heterocycles. The molecular weight excluding hydrogens is 166 g/mol. The van der Waals surface area contributed by atoms with Gasteiger partial charge in [-0.3, -0.25) is 4.79 Å². The molecule has 66 valence electrons. The van der Waals surface area contributed by atoms with Crippen LogP contribution in [0.3, 0.4) is 0 Å². The molecule has 0 saturated carbocycles. The molecule has 0 unspecified atom stereocenters. The largest absolute Gasteiger partial charge is 0.507 e. The SMILES string of the molecule is Cc1ccc2c(O)cc(=O)[nH]c2c1. The van der Waals surface area contributed by atoms with Gasteiger partial charge in [-0.25, -0.2) is 0 Å². The van der Waals surface area contributed by atoms with Gasteiger partial charge in [0.1, 0.15) is 5.75 Å². The molecule has 3 nitrogen and oxygen atoms in total. The molecule has 2 rings (SSSR count). The minimum atomic E-state index is -0.282. The second-order valence-electron chi connectivity index (χ2n) is 3.07. The maximum absolute atomic E-state index is 11.0. The van der Waals surface area contributed by atoms with Crippen molar-refractivity contribution >= 4 is 10.9 Å². The van der Waals surface area contributed by atoms with Gasteiger partial charge in [-0.05, 0) is 24.6 Å². The average Bonchev–Trinajstić information content (AvgIpc) is 2.02. The van der Waals surface area contributed by atoms with Crippen molar-refractivity contribution in [1.82, 2.24) is 4.98 Å². The average molecular weight is 175 g/mol. The first kappa shape index (κ1) is 7.86. The predicted octanol–water partition coefficient (Wildman–Crippen LogP) is 1.54. The topological polar surface area (TPSA) is 53.1 Å². The summed E-state index contributed by atoms with van der Waals surface area (Å²) in [5.74, 6) is 0.0266. The molecule has 13 heavy (non-hydrogen) atoms. The summed E-state index contributed by atoms with van der Waals surface area (Å²) in [6, 6.07) is 6.68. The number of hydrogen-bond donors (Lipinski definition) is 2. The van der Waals surface area contributed by atoms with Crippen molar-refractivity contribution in [2.45, 2.75) is 6.92 Å². The number of aromatic amines is 1. The lowest BCUT2D eigenvalue weighted by Crippen LogP contribution is -2.02. The first-order chi connectivity index (χ1) is 6.16. The predicted molar refractivity (Wildman–Crippen MR) is 51.0 cm³/mol. The van der Waals surface area contributed by atoms with Crippen molar-refractivity contribution in [1.29, 1.82) is 0 Å². The molecule has 1 aromatic carbocycles. The van der Waals surface area contributed by atoms with Crippen molar-refractivity contribution in [3.63, 3.8) is 0 Å². The molecule has 0 aliphatic carbocycles. The minimum absolute atomic E-state index is 0.0266. The lowest BCUT2D eigenvalue weighted by atomic mass is 10.1. The van der Waals surface area contributed by atoms with Crippen molar-refractivity contribution in [3.8, 4) is 5.75 Å². The normalized spacial score (nSPS) is 10.5. The van der Waals surface area contributed by atoms with E-state index in [1.54, 1.807) is 6.07 Å². The lowest BCUT2D eigenvalue weighted by Gasteiger charge is -2.00. The molecule has 0 aliphatic heterocycles. The Balaban J connectivity index is 2.94. The van der Waals surface area contributed by atoms with E-state index in [4.69, 9.17) is 0 Å². The minimum Gasteiger partial charge on any atom is -0.507 e. The van der Waals surface area contributed by atoms with E-state index >= 15 is 0 Å². The molecular formula is C10H9NO2. The smallest absolute Gasteiger partial charge is 0.252 e. The van der Waals surface area contributed by atoms with Crippen molar-refractivity contribution in [2.75, 3.05) is 0 Å². The number of rotatable bonds is 0. The fourth-order valence-electron chi connectivity index (χ4n) is 1.36. The highest BCUT2D eigenvalue weighted by atomic mass is 16.3. The molecule has 1 heterocycles. The first-order valence-electron chi connectivity index (χ1n) is 3.99. The molecule has 2 aromatic rings. The molecule has 0 fully saturated rings. The number of hydrogen-bond acceptors (Lipinski definition) is 2. The third-order valence-corrected chi connectivity index (χ3v) is 1.98. The Labute approximate surface area is 74.7 Å². The van der Waals surface area contributed by atoms with Gasteiger partial charge in [-0.1, -0.05) is 6.07 Å². The monoisotopic (exact) mass is 175 g/mol. The maximum atomic E-state index is 11.0. The summed E-state index contributed by atoms with van der Waals surface area (Å²) in [6.45, 7) is 1.93. The van der Waals surface area contributed by atoms with Crippen molar-refractivity contribution in [2.24, 2.45) is 0 Å². The van der Waals surface area contributed by atoms with Gasteiger partial charge in [0.05, 0.1) is 5.52 Å². The Morgan fingerprint density at radius 2 is 2.08 bits per heavy atom. The standard InChI is InChI=1S/C10H9NO2/c1-6-2-3-7-8(4-6)11-10(13)5-9(7)12/h2-5H,1H3,(H2,11,12,13). The molecule has 0 bridgehead atoms. The Morgan fingerprint density at radius 1 is 1.31 bits per heavy atom. The van der Waals surface area contributed by atoms with Gasteiger partial charge in [0, 0.05) is 11.5 Å². The van der Waals surface area contributed by atoms with E-state index in [0.717, 1.165) is 5.56 Å². The van der Waals surface area contributed by atoms with Crippen molar-refractivity contribution in [3.05, 3.63) is 40.2 Å². The Bertz CT molecular complexity index is 514. The molecule has 2 N–H and O–H groups in total. The summed E-state index contributed by atoms with van der Waals surface area (Å²) in [5, 5.41) is 10.1. The number of H-pyrrole nitrogens is 1. The zero-order chi connectivity index (χ0) is 9.42. The maximum Gasteiger partial charge on any atom is 0.252 e. The van der Waals surface area contributed by atoms with Gasteiger partial charge in [0.15, 0.2) is 0 Å². The van der Waals surface area contributed by atoms with E-state index in [1.165, 1.54) is 6.07 Å². The number of aryl methyl sites for hydroxylation is 1. The third kappa shape index (κ3) is 1.28. The van der Waals surface area contributed by atoms with Gasteiger partial charge < -0.3 is 10.1 Å². The van der Waals surface area contributed by atoms with Crippen LogP contribution in [-0.2, 0) is 0 Å². The fraction of sp³-hybridized carbons (Fsp3) is 0.100. The summed E-state index contributed by atoms with van der Waals surface area (Å²) in [4.78, 5) is 13.7. The van der Waals surface area contributed by atoms with E-state index in [-0.39, 0.29) is 11.3 Å². The molecule has 0 radical (unpaired) electrons. The summed E-state index contributed by atoms with van der Waals surface area (Å²) in [7, 11) is 0. The van der Waals surface area contributed by atoms with Crippen LogP contribution >= 0.6 is 0 Å². The Hall–Kier alpha value is -1.77. The van der Waals surface area contributed by atoms with Crippen molar-refractivity contribution < 1.29 is 5.11 Å². The van der Waals surface area contributed by atoms with Gasteiger partial charge >= 0.3 is 0 Å². The fourth-order valence-corrected chi connectivity index (χ4v) is 1.36. The zero-order valence-corrected chi connectivity index (χ0v) is 7.16. The molecule has 0 amide bonds. The number of nitrogens with one attached hydrogen (secondary N) is 1. The van der Waals surface area contributed by atoms with Gasteiger partial charge in [0.25, 0.3) is 5.56 Å². The second-order valence-corrected chi connectivity index (χ2v) is 3.07.